The van der Waals surface area contributed by atoms with Crippen molar-refractivity contribution in [2.75, 3.05) is 13.7 Å². The molecule has 0 saturated heterocycles. The third kappa shape index (κ3) is 4.63. The smallest absolute Gasteiger partial charge is 0.258 e. The minimum absolute atomic E-state index is 0.000878. The fraction of sp³-hybridized carbons (Fsp3) is 0.562. The van der Waals surface area contributed by atoms with Crippen molar-refractivity contribution >= 4 is 5.91 Å². The number of hydrogen-bond donors (Lipinski definition) is 2. The third-order valence-electron chi connectivity index (χ3n) is 3.79. The maximum absolute atomic E-state index is 11.9. The molecule has 1 aromatic rings. The lowest BCUT2D eigenvalue weighted by molar-refractivity contribution is -0.124. The van der Waals surface area contributed by atoms with E-state index in [0.717, 1.165) is 18.4 Å². The Morgan fingerprint density at radius 3 is 2.71 bits per heavy atom. The average Bonchev–Trinajstić information content (AvgIpc) is 2.53. The molecule has 21 heavy (non-hydrogen) atoms. The molecule has 0 aromatic heterocycles. The first-order chi connectivity index (χ1) is 10.2. The van der Waals surface area contributed by atoms with Crippen molar-refractivity contribution in [3.63, 3.8) is 0 Å². The first-order valence-corrected chi connectivity index (χ1v) is 7.52. The van der Waals surface area contributed by atoms with Gasteiger partial charge in [0.15, 0.2) is 18.1 Å². The zero-order valence-corrected chi connectivity index (χ0v) is 12.6. The Balaban J connectivity index is 1.87. The second-order valence-corrected chi connectivity index (χ2v) is 5.38. The molecule has 0 unspecified atom stereocenters. The van der Waals surface area contributed by atoms with Crippen molar-refractivity contribution in [3.05, 3.63) is 23.8 Å². The van der Waals surface area contributed by atoms with Crippen molar-refractivity contribution in [2.24, 2.45) is 5.73 Å². The van der Waals surface area contributed by atoms with Crippen LogP contribution in [0.25, 0.3) is 0 Å². The Kier molecular flexibility index (Phi) is 5.87. The molecule has 5 heteroatoms. The van der Waals surface area contributed by atoms with Crippen LogP contribution in [0, 0.1) is 0 Å². The van der Waals surface area contributed by atoms with Crippen LogP contribution in [0.2, 0.25) is 0 Å². The molecule has 2 rings (SSSR count). The molecular weight excluding hydrogens is 268 g/mol. The highest BCUT2D eigenvalue weighted by atomic mass is 16.5. The van der Waals surface area contributed by atoms with E-state index in [2.05, 4.69) is 5.32 Å². The molecule has 1 aliphatic carbocycles. The quantitative estimate of drug-likeness (QED) is 0.841. The van der Waals surface area contributed by atoms with Crippen molar-refractivity contribution in [2.45, 2.75) is 44.7 Å². The standard InChI is InChI=1S/C16H24N2O3/c1-20-14-8-7-12(10-17)9-15(14)21-11-16(19)18-13-5-3-2-4-6-13/h7-9,13H,2-6,10-11,17H2,1H3,(H,18,19). The highest BCUT2D eigenvalue weighted by Crippen LogP contribution is 2.27. The minimum Gasteiger partial charge on any atom is -0.493 e. The van der Waals surface area contributed by atoms with Crippen molar-refractivity contribution in [1.82, 2.24) is 5.32 Å². The van der Waals surface area contributed by atoms with E-state index >= 15 is 0 Å². The summed E-state index contributed by atoms with van der Waals surface area (Å²) in [7, 11) is 1.58. The number of methoxy groups -OCH3 is 1. The maximum Gasteiger partial charge on any atom is 0.258 e. The molecule has 1 aromatic carbocycles. The zero-order valence-electron chi connectivity index (χ0n) is 12.6. The first-order valence-electron chi connectivity index (χ1n) is 7.52. The second-order valence-electron chi connectivity index (χ2n) is 5.38. The number of carbonyl (C=O) groups is 1. The van der Waals surface area contributed by atoms with Gasteiger partial charge in [0.1, 0.15) is 0 Å². The molecule has 0 bridgehead atoms. The highest BCUT2D eigenvalue weighted by Gasteiger charge is 2.16. The Hall–Kier alpha value is -1.75. The van der Waals surface area contributed by atoms with Crippen LogP contribution in [0.15, 0.2) is 18.2 Å². The van der Waals surface area contributed by atoms with Gasteiger partial charge in [0, 0.05) is 12.6 Å². The van der Waals surface area contributed by atoms with Gasteiger partial charge in [-0.05, 0) is 30.5 Å². The summed E-state index contributed by atoms with van der Waals surface area (Å²) in [6.07, 6.45) is 5.79. The summed E-state index contributed by atoms with van der Waals surface area (Å²) in [5.74, 6) is 1.08. The molecule has 0 aliphatic heterocycles. The lowest BCUT2D eigenvalue weighted by atomic mass is 9.95. The van der Waals surface area contributed by atoms with Crippen molar-refractivity contribution in [3.8, 4) is 11.5 Å². The summed E-state index contributed by atoms with van der Waals surface area (Å²) in [5, 5.41) is 3.03. The molecule has 1 saturated carbocycles. The molecule has 1 amide bonds. The Morgan fingerprint density at radius 2 is 2.05 bits per heavy atom. The number of ether oxygens (including phenoxy) is 2. The summed E-state index contributed by atoms with van der Waals surface area (Å²) in [6, 6.07) is 5.80. The van der Waals surface area contributed by atoms with Crippen LogP contribution in [0.5, 0.6) is 11.5 Å². The molecule has 1 fully saturated rings. The average molecular weight is 292 g/mol. The largest absolute Gasteiger partial charge is 0.493 e. The fourth-order valence-electron chi connectivity index (χ4n) is 2.62. The fourth-order valence-corrected chi connectivity index (χ4v) is 2.62. The first kappa shape index (κ1) is 15.6. The van der Waals surface area contributed by atoms with Gasteiger partial charge in [-0.3, -0.25) is 4.79 Å². The van der Waals surface area contributed by atoms with E-state index in [4.69, 9.17) is 15.2 Å². The molecule has 0 radical (unpaired) electrons. The third-order valence-corrected chi connectivity index (χ3v) is 3.79. The highest BCUT2D eigenvalue weighted by molar-refractivity contribution is 5.78. The van der Waals surface area contributed by atoms with E-state index < -0.39 is 0 Å². The van der Waals surface area contributed by atoms with Gasteiger partial charge in [0.2, 0.25) is 0 Å². The number of nitrogens with one attached hydrogen (secondary N) is 1. The molecule has 0 spiro atoms. The Bertz CT molecular complexity index is 471. The second kappa shape index (κ2) is 7.88. The number of nitrogens with two attached hydrogens (primary N) is 1. The lowest BCUT2D eigenvalue weighted by Crippen LogP contribution is -2.39. The van der Waals surface area contributed by atoms with Gasteiger partial charge in [-0.15, -0.1) is 0 Å². The molecule has 3 N–H and O–H groups in total. The van der Waals surface area contributed by atoms with Crippen LogP contribution in [0.3, 0.4) is 0 Å². The summed E-state index contributed by atoms with van der Waals surface area (Å²) in [6.45, 7) is 0.426. The Morgan fingerprint density at radius 1 is 1.29 bits per heavy atom. The van der Waals surface area contributed by atoms with Gasteiger partial charge in [-0.25, -0.2) is 0 Å². The van der Waals surface area contributed by atoms with Gasteiger partial charge in [0.05, 0.1) is 7.11 Å². The molecule has 116 valence electrons. The van der Waals surface area contributed by atoms with Gasteiger partial charge in [-0.2, -0.15) is 0 Å². The molecule has 1 aliphatic rings. The summed E-state index contributed by atoms with van der Waals surface area (Å²) >= 11 is 0. The van der Waals surface area contributed by atoms with Crippen LogP contribution in [-0.4, -0.2) is 25.7 Å². The number of amides is 1. The van der Waals surface area contributed by atoms with E-state index in [9.17, 15) is 4.79 Å². The molecule has 0 atom stereocenters. The SMILES string of the molecule is COc1ccc(CN)cc1OCC(=O)NC1CCCCC1. The molecular formula is C16H24N2O3. The van der Waals surface area contributed by atoms with E-state index in [1.165, 1.54) is 19.3 Å². The lowest BCUT2D eigenvalue weighted by Gasteiger charge is -2.22. The normalized spacial score (nSPS) is 15.5. The predicted octanol–water partition coefficient (Wildman–Crippen LogP) is 1.98. The van der Waals surface area contributed by atoms with E-state index in [0.29, 0.717) is 24.1 Å². The number of carbonyl (C=O) groups excluding carboxylic acids is 1. The monoisotopic (exact) mass is 292 g/mol. The van der Waals surface area contributed by atoms with Crippen LogP contribution in [0.1, 0.15) is 37.7 Å². The maximum atomic E-state index is 11.9. The van der Waals surface area contributed by atoms with Crippen LogP contribution < -0.4 is 20.5 Å². The molecule has 0 heterocycles. The van der Waals surface area contributed by atoms with Gasteiger partial charge in [-0.1, -0.05) is 25.3 Å². The topological polar surface area (TPSA) is 73.6 Å². The van der Waals surface area contributed by atoms with E-state index in [1.807, 2.05) is 12.1 Å². The van der Waals surface area contributed by atoms with Gasteiger partial charge in [0.25, 0.3) is 5.91 Å². The minimum atomic E-state index is -0.0814. The number of rotatable bonds is 6. The zero-order chi connectivity index (χ0) is 15.1. The van der Waals surface area contributed by atoms with Crippen LogP contribution in [0.4, 0.5) is 0 Å². The summed E-state index contributed by atoms with van der Waals surface area (Å²) in [5.41, 5.74) is 6.56. The number of benzene rings is 1. The van der Waals surface area contributed by atoms with Crippen LogP contribution in [-0.2, 0) is 11.3 Å². The van der Waals surface area contributed by atoms with Crippen molar-refractivity contribution < 1.29 is 14.3 Å². The van der Waals surface area contributed by atoms with E-state index in [-0.39, 0.29) is 12.5 Å². The summed E-state index contributed by atoms with van der Waals surface area (Å²) in [4.78, 5) is 11.9. The molecule has 5 nitrogen and oxygen atoms in total. The number of hydrogen-bond acceptors (Lipinski definition) is 4. The van der Waals surface area contributed by atoms with Crippen molar-refractivity contribution in [1.29, 1.82) is 0 Å². The predicted molar refractivity (Wildman–Crippen MR) is 81.4 cm³/mol. The van der Waals surface area contributed by atoms with Gasteiger partial charge < -0.3 is 20.5 Å². The summed E-state index contributed by atoms with van der Waals surface area (Å²) < 4.78 is 10.8. The Labute approximate surface area is 125 Å². The van der Waals surface area contributed by atoms with Gasteiger partial charge >= 0.3 is 0 Å². The van der Waals surface area contributed by atoms with E-state index in [1.54, 1.807) is 13.2 Å². The van der Waals surface area contributed by atoms with Crippen LogP contribution >= 0.6 is 0 Å².